The molecule has 0 atom stereocenters. The lowest BCUT2D eigenvalue weighted by molar-refractivity contribution is 0.102. The summed E-state index contributed by atoms with van der Waals surface area (Å²) in [5.74, 6) is 1.19. The van der Waals surface area contributed by atoms with Crippen molar-refractivity contribution in [3.05, 3.63) is 59.7 Å². The second kappa shape index (κ2) is 11.1. The highest BCUT2D eigenvalue weighted by atomic mass is 19.3. The van der Waals surface area contributed by atoms with Gasteiger partial charge in [-0.15, -0.1) is 0 Å². The first kappa shape index (κ1) is 25.0. The summed E-state index contributed by atoms with van der Waals surface area (Å²) in [7, 11) is 0. The van der Waals surface area contributed by atoms with E-state index in [9.17, 15) is 13.6 Å². The average molecular weight is 511 g/mol. The van der Waals surface area contributed by atoms with Crippen LogP contribution >= 0.6 is 0 Å². The summed E-state index contributed by atoms with van der Waals surface area (Å²) in [6, 6.07) is 8.40. The van der Waals surface area contributed by atoms with E-state index in [0.717, 1.165) is 60.7 Å². The Balaban J connectivity index is 1.47. The van der Waals surface area contributed by atoms with Crippen molar-refractivity contribution >= 4 is 23.2 Å². The van der Waals surface area contributed by atoms with E-state index in [-0.39, 0.29) is 5.56 Å². The normalized spacial score (nSPS) is 16.2. The zero-order valence-corrected chi connectivity index (χ0v) is 20.5. The van der Waals surface area contributed by atoms with Crippen LogP contribution in [0.4, 0.5) is 26.1 Å². The number of ether oxygens (including phenoxy) is 2. The summed E-state index contributed by atoms with van der Waals surface area (Å²) in [4.78, 5) is 30.3. The van der Waals surface area contributed by atoms with Crippen LogP contribution in [0.5, 0.6) is 0 Å². The number of hydrogen-bond acceptors (Lipinski definition) is 8. The van der Waals surface area contributed by atoms with Crippen LogP contribution in [0.15, 0.2) is 42.7 Å². The van der Waals surface area contributed by atoms with Gasteiger partial charge in [-0.3, -0.25) is 14.8 Å². The summed E-state index contributed by atoms with van der Waals surface area (Å²) in [5, 5.41) is 2.77. The number of alkyl halides is 2. The van der Waals surface area contributed by atoms with E-state index in [1.165, 1.54) is 12.3 Å². The van der Waals surface area contributed by atoms with Gasteiger partial charge in [0.05, 0.1) is 38.3 Å². The van der Waals surface area contributed by atoms with Gasteiger partial charge in [-0.25, -0.2) is 13.8 Å². The van der Waals surface area contributed by atoms with Crippen molar-refractivity contribution in [2.75, 3.05) is 67.7 Å². The van der Waals surface area contributed by atoms with Crippen LogP contribution in [0, 0.1) is 6.92 Å². The Morgan fingerprint density at radius 3 is 2.16 bits per heavy atom. The molecule has 37 heavy (non-hydrogen) atoms. The van der Waals surface area contributed by atoms with Crippen molar-refractivity contribution in [1.82, 2.24) is 15.0 Å². The van der Waals surface area contributed by atoms with Crippen molar-refractivity contribution in [2.24, 2.45) is 0 Å². The maximum Gasteiger partial charge on any atom is 0.280 e. The molecule has 11 heteroatoms. The first-order chi connectivity index (χ1) is 18.0. The van der Waals surface area contributed by atoms with Gasteiger partial charge in [0, 0.05) is 49.2 Å². The largest absolute Gasteiger partial charge is 0.378 e. The highest BCUT2D eigenvalue weighted by Gasteiger charge is 2.20. The fourth-order valence-corrected chi connectivity index (χ4v) is 4.37. The highest BCUT2D eigenvalue weighted by molar-refractivity contribution is 6.04. The molecule has 5 heterocycles. The zero-order chi connectivity index (χ0) is 25.8. The summed E-state index contributed by atoms with van der Waals surface area (Å²) in [6.07, 6.45) is -0.000713. The van der Waals surface area contributed by atoms with E-state index in [4.69, 9.17) is 14.5 Å². The van der Waals surface area contributed by atoms with Crippen LogP contribution < -0.4 is 15.1 Å². The Morgan fingerprint density at radius 2 is 1.57 bits per heavy atom. The van der Waals surface area contributed by atoms with Gasteiger partial charge in [0.15, 0.2) is 0 Å². The smallest absolute Gasteiger partial charge is 0.280 e. The number of carbonyl (C=O) groups is 1. The first-order valence-electron chi connectivity index (χ1n) is 12.2. The van der Waals surface area contributed by atoms with Crippen molar-refractivity contribution in [3.63, 3.8) is 0 Å². The lowest BCUT2D eigenvalue weighted by atomic mass is 10.0. The van der Waals surface area contributed by atoms with Crippen molar-refractivity contribution < 1.29 is 23.0 Å². The SMILES string of the molecule is Cc1ncc(NC(=O)c2ccnc(C(F)F)c2)cc1-c1cc(N2CCOCC2)nc(N2CCOCC2)c1. The van der Waals surface area contributed by atoms with Gasteiger partial charge in [-0.05, 0) is 42.8 Å². The number of carbonyl (C=O) groups excluding carboxylic acids is 1. The van der Waals surface area contributed by atoms with Gasteiger partial charge >= 0.3 is 0 Å². The Hall–Kier alpha value is -3.70. The molecule has 0 aliphatic carbocycles. The predicted molar refractivity (Wildman–Crippen MR) is 135 cm³/mol. The van der Waals surface area contributed by atoms with E-state index in [2.05, 4.69) is 25.1 Å². The van der Waals surface area contributed by atoms with Gasteiger partial charge in [0.25, 0.3) is 12.3 Å². The third-order valence-corrected chi connectivity index (χ3v) is 6.39. The second-order valence-corrected chi connectivity index (χ2v) is 8.85. The summed E-state index contributed by atoms with van der Waals surface area (Å²) in [5.41, 5.74) is 2.65. The molecule has 9 nitrogen and oxygen atoms in total. The maximum absolute atomic E-state index is 13.0. The Morgan fingerprint density at radius 1 is 0.946 bits per heavy atom. The number of nitrogens with zero attached hydrogens (tertiary/aromatic N) is 5. The Kier molecular flexibility index (Phi) is 7.52. The molecule has 3 aromatic heterocycles. The number of morpholine rings is 2. The molecule has 0 unspecified atom stereocenters. The number of hydrogen-bond donors (Lipinski definition) is 1. The van der Waals surface area contributed by atoms with Crippen molar-refractivity contribution in [2.45, 2.75) is 13.3 Å². The summed E-state index contributed by atoms with van der Waals surface area (Å²) in [6.45, 7) is 7.47. The minimum atomic E-state index is -2.76. The standard InChI is InChI=1S/C26H28F2N6O3/c1-17-21(15-20(16-30-17)31-26(35)18-2-3-29-22(12-18)25(27)28)19-13-23(33-4-8-36-9-5-33)32-24(14-19)34-6-10-37-11-7-34/h2-3,12-16,25H,4-11H2,1H3,(H,31,35). The number of pyridine rings is 3. The fourth-order valence-electron chi connectivity index (χ4n) is 4.37. The summed E-state index contributed by atoms with van der Waals surface area (Å²) < 4.78 is 37.1. The average Bonchev–Trinajstić information content (AvgIpc) is 2.95. The summed E-state index contributed by atoms with van der Waals surface area (Å²) >= 11 is 0. The minimum Gasteiger partial charge on any atom is -0.378 e. The van der Waals surface area contributed by atoms with E-state index >= 15 is 0 Å². The lowest BCUT2D eigenvalue weighted by Gasteiger charge is -2.32. The van der Waals surface area contributed by atoms with Crippen LogP contribution in [0.1, 0.15) is 28.2 Å². The molecule has 1 N–H and O–H groups in total. The number of anilines is 3. The molecule has 2 aliphatic heterocycles. The highest BCUT2D eigenvalue weighted by Crippen LogP contribution is 2.32. The Bertz CT molecular complexity index is 1230. The molecule has 1 amide bonds. The number of halogens is 2. The van der Waals surface area contributed by atoms with Gasteiger partial charge in [-0.1, -0.05) is 0 Å². The maximum atomic E-state index is 13.0. The number of aryl methyl sites for hydroxylation is 1. The molecule has 0 bridgehead atoms. The number of aromatic nitrogens is 3. The van der Waals surface area contributed by atoms with Gasteiger partial charge in [-0.2, -0.15) is 0 Å². The first-order valence-corrected chi connectivity index (χ1v) is 12.2. The molecule has 0 saturated carbocycles. The van der Waals surface area contributed by atoms with Gasteiger partial charge < -0.3 is 24.6 Å². The van der Waals surface area contributed by atoms with Crippen LogP contribution in [-0.2, 0) is 9.47 Å². The molecule has 2 aliphatic rings. The molecule has 5 rings (SSSR count). The van der Waals surface area contributed by atoms with E-state index in [1.807, 2.05) is 25.1 Å². The molecule has 194 valence electrons. The number of amides is 1. The third-order valence-electron chi connectivity index (χ3n) is 6.39. The lowest BCUT2D eigenvalue weighted by Crippen LogP contribution is -2.39. The van der Waals surface area contributed by atoms with Crippen molar-refractivity contribution in [3.8, 4) is 11.1 Å². The van der Waals surface area contributed by atoms with Crippen LogP contribution in [-0.4, -0.2) is 73.5 Å². The molecule has 3 aromatic rings. The predicted octanol–water partition coefficient (Wildman–Crippen LogP) is 3.71. The number of rotatable bonds is 6. The van der Waals surface area contributed by atoms with Crippen molar-refractivity contribution in [1.29, 1.82) is 0 Å². The van der Waals surface area contributed by atoms with Crippen LogP contribution in [0.3, 0.4) is 0 Å². The van der Waals surface area contributed by atoms with Crippen LogP contribution in [0.2, 0.25) is 0 Å². The van der Waals surface area contributed by atoms with Crippen LogP contribution in [0.25, 0.3) is 11.1 Å². The second-order valence-electron chi connectivity index (χ2n) is 8.85. The topological polar surface area (TPSA) is 92.7 Å². The molecular formula is C26H28F2N6O3. The zero-order valence-electron chi connectivity index (χ0n) is 20.5. The van der Waals surface area contributed by atoms with E-state index < -0.39 is 18.0 Å². The quantitative estimate of drug-likeness (QED) is 0.537. The Labute approximate surface area is 213 Å². The molecule has 0 spiro atoms. The molecule has 0 radical (unpaired) electrons. The minimum absolute atomic E-state index is 0.0977. The molecule has 0 aromatic carbocycles. The van der Waals surface area contributed by atoms with E-state index in [1.54, 1.807) is 6.20 Å². The molecule has 2 fully saturated rings. The third kappa shape index (κ3) is 5.83. The fraction of sp³-hybridized carbons (Fsp3) is 0.385. The number of nitrogens with one attached hydrogen (secondary N) is 1. The molecule has 2 saturated heterocycles. The van der Waals surface area contributed by atoms with Gasteiger partial charge in [0.1, 0.15) is 17.3 Å². The van der Waals surface area contributed by atoms with E-state index in [0.29, 0.717) is 32.1 Å². The monoisotopic (exact) mass is 510 g/mol. The van der Waals surface area contributed by atoms with Gasteiger partial charge in [0.2, 0.25) is 0 Å². The molecular weight excluding hydrogens is 482 g/mol.